The van der Waals surface area contributed by atoms with Gasteiger partial charge >= 0.3 is 0 Å². The predicted molar refractivity (Wildman–Crippen MR) is 67.0 cm³/mol. The second kappa shape index (κ2) is 5.92. The van der Waals surface area contributed by atoms with E-state index in [4.69, 9.17) is 5.73 Å². The van der Waals surface area contributed by atoms with Crippen molar-refractivity contribution in [2.45, 2.75) is 52.0 Å². The fraction of sp³-hybridized carbons (Fsp3) is 0.571. The maximum absolute atomic E-state index is 6.15. The summed E-state index contributed by atoms with van der Waals surface area (Å²) >= 11 is 0. The van der Waals surface area contributed by atoms with Crippen molar-refractivity contribution in [3.8, 4) is 0 Å². The minimum atomic E-state index is 0.212. The third kappa shape index (κ3) is 3.67. The van der Waals surface area contributed by atoms with Crippen LogP contribution in [0.4, 0.5) is 0 Å². The van der Waals surface area contributed by atoms with Crippen LogP contribution in [-0.4, -0.2) is 0 Å². The molecule has 0 aliphatic heterocycles. The van der Waals surface area contributed by atoms with Crippen LogP contribution >= 0.6 is 0 Å². The van der Waals surface area contributed by atoms with E-state index < -0.39 is 0 Å². The molecule has 0 bridgehead atoms. The molecule has 1 nitrogen and oxygen atoms in total. The third-order valence-corrected chi connectivity index (χ3v) is 2.87. The average Bonchev–Trinajstić information content (AvgIpc) is 2.26. The van der Waals surface area contributed by atoms with Crippen LogP contribution in [0, 0.1) is 0 Å². The van der Waals surface area contributed by atoms with Gasteiger partial charge in [0.1, 0.15) is 0 Å². The highest BCUT2D eigenvalue weighted by Gasteiger charge is 2.07. The molecule has 84 valence electrons. The first-order valence-corrected chi connectivity index (χ1v) is 6.00. The molecule has 0 saturated heterocycles. The molecule has 1 aromatic carbocycles. The van der Waals surface area contributed by atoms with Gasteiger partial charge in [0, 0.05) is 6.04 Å². The van der Waals surface area contributed by atoms with Gasteiger partial charge in [-0.3, -0.25) is 0 Å². The summed E-state index contributed by atoms with van der Waals surface area (Å²) in [5.41, 5.74) is 8.83. The molecule has 0 spiro atoms. The highest BCUT2D eigenvalue weighted by atomic mass is 14.6. The Hall–Kier alpha value is -0.820. The Labute approximate surface area is 93.7 Å². The normalized spacial score (nSPS) is 13.1. The van der Waals surface area contributed by atoms with E-state index in [0.29, 0.717) is 5.92 Å². The molecule has 0 saturated carbocycles. The monoisotopic (exact) mass is 205 g/mol. The Balaban J connectivity index is 2.71. The lowest BCUT2D eigenvalue weighted by Gasteiger charge is -2.14. The Kier molecular flexibility index (Phi) is 4.83. The summed E-state index contributed by atoms with van der Waals surface area (Å²) in [5.74, 6) is 0.586. The van der Waals surface area contributed by atoms with Crippen molar-refractivity contribution < 1.29 is 0 Å². The number of benzene rings is 1. The summed E-state index contributed by atoms with van der Waals surface area (Å²) < 4.78 is 0. The topological polar surface area (TPSA) is 26.0 Å². The Bertz CT molecular complexity index is 291. The summed E-state index contributed by atoms with van der Waals surface area (Å²) in [7, 11) is 0. The number of hydrogen-bond donors (Lipinski definition) is 1. The summed E-state index contributed by atoms with van der Waals surface area (Å²) in [4.78, 5) is 0. The van der Waals surface area contributed by atoms with Crippen LogP contribution in [0.2, 0.25) is 0 Å². The van der Waals surface area contributed by atoms with Crippen molar-refractivity contribution in [2.75, 3.05) is 0 Å². The van der Waals surface area contributed by atoms with Crippen molar-refractivity contribution in [2.24, 2.45) is 5.73 Å². The maximum atomic E-state index is 6.15. The lowest BCUT2D eigenvalue weighted by molar-refractivity contribution is 0.602. The standard InChI is InChI=1S/C14H23N/c1-4-5-9-14(15)13-8-6-7-12(10-13)11(2)3/h6-8,10-11,14H,4-5,9,15H2,1-3H3. The van der Waals surface area contributed by atoms with E-state index in [1.807, 2.05) is 0 Å². The van der Waals surface area contributed by atoms with E-state index in [1.165, 1.54) is 24.0 Å². The molecule has 0 radical (unpaired) electrons. The maximum Gasteiger partial charge on any atom is 0.0294 e. The van der Waals surface area contributed by atoms with Gasteiger partial charge in [0.2, 0.25) is 0 Å². The number of rotatable bonds is 5. The SMILES string of the molecule is CCCCC(N)c1cccc(C(C)C)c1. The van der Waals surface area contributed by atoms with Crippen LogP contribution in [0.15, 0.2) is 24.3 Å². The lowest BCUT2D eigenvalue weighted by Crippen LogP contribution is -2.10. The van der Waals surface area contributed by atoms with E-state index in [9.17, 15) is 0 Å². The van der Waals surface area contributed by atoms with Gasteiger partial charge in [-0.15, -0.1) is 0 Å². The second-order valence-electron chi connectivity index (χ2n) is 4.57. The van der Waals surface area contributed by atoms with E-state index in [2.05, 4.69) is 45.0 Å². The molecule has 2 N–H and O–H groups in total. The van der Waals surface area contributed by atoms with E-state index in [1.54, 1.807) is 0 Å². The molecular weight excluding hydrogens is 182 g/mol. The fourth-order valence-corrected chi connectivity index (χ4v) is 1.74. The Morgan fingerprint density at radius 2 is 1.87 bits per heavy atom. The van der Waals surface area contributed by atoms with Gasteiger partial charge in [0.15, 0.2) is 0 Å². The van der Waals surface area contributed by atoms with Gasteiger partial charge in [-0.2, -0.15) is 0 Å². The minimum Gasteiger partial charge on any atom is -0.324 e. The van der Waals surface area contributed by atoms with Crippen LogP contribution in [0.5, 0.6) is 0 Å². The molecule has 15 heavy (non-hydrogen) atoms. The van der Waals surface area contributed by atoms with Crippen LogP contribution < -0.4 is 5.73 Å². The molecule has 0 amide bonds. The van der Waals surface area contributed by atoms with Gasteiger partial charge in [0.25, 0.3) is 0 Å². The predicted octanol–water partition coefficient (Wildman–Crippen LogP) is 4.00. The van der Waals surface area contributed by atoms with Crippen LogP contribution in [-0.2, 0) is 0 Å². The van der Waals surface area contributed by atoms with Crippen molar-refractivity contribution in [1.29, 1.82) is 0 Å². The molecule has 0 fully saturated rings. The highest BCUT2D eigenvalue weighted by Crippen LogP contribution is 2.21. The van der Waals surface area contributed by atoms with Crippen molar-refractivity contribution >= 4 is 0 Å². The first-order valence-electron chi connectivity index (χ1n) is 6.00. The quantitative estimate of drug-likeness (QED) is 0.772. The van der Waals surface area contributed by atoms with E-state index >= 15 is 0 Å². The fourth-order valence-electron chi connectivity index (χ4n) is 1.74. The number of nitrogens with two attached hydrogens (primary N) is 1. The van der Waals surface area contributed by atoms with Crippen molar-refractivity contribution in [3.05, 3.63) is 35.4 Å². The van der Waals surface area contributed by atoms with Crippen LogP contribution in [0.3, 0.4) is 0 Å². The number of unbranched alkanes of at least 4 members (excludes halogenated alkanes) is 1. The highest BCUT2D eigenvalue weighted by molar-refractivity contribution is 5.27. The van der Waals surface area contributed by atoms with Gasteiger partial charge in [0.05, 0.1) is 0 Å². The van der Waals surface area contributed by atoms with Gasteiger partial charge in [-0.05, 0) is 23.5 Å². The first kappa shape index (κ1) is 12.3. The van der Waals surface area contributed by atoms with Crippen molar-refractivity contribution in [1.82, 2.24) is 0 Å². The molecule has 1 atom stereocenters. The average molecular weight is 205 g/mol. The summed E-state index contributed by atoms with van der Waals surface area (Å²) in [6, 6.07) is 8.91. The second-order valence-corrected chi connectivity index (χ2v) is 4.57. The zero-order chi connectivity index (χ0) is 11.3. The lowest BCUT2D eigenvalue weighted by atomic mass is 9.96. The molecule has 1 rings (SSSR count). The van der Waals surface area contributed by atoms with Gasteiger partial charge in [-0.25, -0.2) is 0 Å². The Morgan fingerprint density at radius 3 is 2.47 bits per heavy atom. The van der Waals surface area contributed by atoms with E-state index in [0.717, 1.165) is 6.42 Å². The van der Waals surface area contributed by atoms with Gasteiger partial charge < -0.3 is 5.73 Å². The molecule has 0 heterocycles. The summed E-state index contributed by atoms with van der Waals surface area (Å²) in [6.07, 6.45) is 3.53. The van der Waals surface area contributed by atoms with Crippen LogP contribution in [0.25, 0.3) is 0 Å². The molecule has 1 aromatic rings. The third-order valence-electron chi connectivity index (χ3n) is 2.87. The zero-order valence-electron chi connectivity index (χ0n) is 10.2. The molecule has 0 aliphatic carbocycles. The van der Waals surface area contributed by atoms with E-state index in [-0.39, 0.29) is 6.04 Å². The molecule has 0 aromatic heterocycles. The van der Waals surface area contributed by atoms with Gasteiger partial charge in [-0.1, -0.05) is 57.9 Å². The Morgan fingerprint density at radius 1 is 1.20 bits per heavy atom. The van der Waals surface area contributed by atoms with Crippen LogP contribution in [0.1, 0.15) is 63.1 Å². The van der Waals surface area contributed by atoms with Crippen molar-refractivity contribution in [3.63, 3.8) is 0 Å². The molecule has 1 heteroatoms. The largest absolute Gasteiger partial charge is 0.324 e. The molecule has 0 aliphatic rings. The smallest absolute Gasteiger partial charge is 0.0294 e. The molecular formula is C14H23N. The number of hydrogen-bond acceptors (Lipinski definition) is 1. The minimum absolute atomic E-state index is 0.212. The zero-order valence-corrected chi connectivity index (χ0v) is 10.2. The first-order chi connectivity index (χ1) is 7.15. The summed E-state index contributed by atoms with van der Waals surface area (Å²) in [6.45, 7) is 6.64. The molecule has 1 unspecified atom stereocenters. The summed E-state index contributed by atoms with van der Waals surface area (Å²) in [5, 5.41) is 0.